The molecular formula is C16H26N2. The topological polar surface area (TPSA) is 29.3 Å². The predicted octanol–water partition coefficient (Wildman–Crippen LogP) is 2.68. The Hall–Kier alpha value is -0.860. The van der Waals surface area contributed by atoms with Gasteiger partial charge in [-0.05, 0) is 44.2 Å². The number of nitrogens with zero attached hydrogens (tertiary/aromatic N) is 1. The largest absolute Gasteiger partial charge is 0.329 e. The van der Waals surface area contributed by atoms with E-state index in [0.717, 1.165) is 18.9 Å². The van der Waals surface area contributed by atoms with Crippen LogP contribution in [0, 0.1) is 5.92 Å². The Morgan fingerprint density at radius 3 is 2.44 bits per heavy atom. The Morgan fingerprint density at radius 1 is 1.28 bits per heavy atom. The first-order chi connectivity index (χ1) is 8.76. The van der Waals surface area contributed by atoms with Crippen molar-refractivity contribution in [3.05, 3.63) is 35.9 Å². The Morgan fingerprint density at radius 2 is 1.94 bits per heavy atom. The minimum Gasteiger partial charge on any atom is -0.329 e. The number of likely N-dealkylation sites (N-methyl/N-ethyl adjacent to an activating group) is 1. The molecule has 0 aliphatic heterocycles. The lowest BCUT2D eigenvalue weighted by molar-refractivity contribution is 0.153. The summed E-state index contributed by atoms with van der Waals surface area (Å²) >= 11 is 0. The molecule has 1 fully saturated rings. The Bertz CT molecular complexity index is 345. The van der Waals surface area contributed by atoms with Crippen LogP contribution in [0.4, 0.5) is 0 Å². The lowest BCUT2D eigenvalue weighted by atomic mass is 10.00. The van der Waals surface area contributed by atoms with Gasteiger partial charge in [0.25, 0.3) is 0 Å². The quantitative estimate of drug-likeness (QED) is 0.801. The van der Waals surface area contributed by atoms with Gasteiger partial charge in [-0.3, -0.25) is 4.90 Å². The zero-order chi connectivity index (χ0) is 13.0. The molecule has 1 aliphatic carbocycles. The summed E-state index contributed by atoms with van der Waals surface area (Å²) in [5.74, 6) is 0.852. The van der Waals surface area contributed by atoms with Crippen molar-refractivity contribution in [2.45, 2.75) is 44.7 Å². The van der Waals surface area contributed by atoms with Crippen molar-refractivity contribution >= 4 is 0 Å². The highest BCUT2D eigenvalue weighted by Crippen LogP contribution is 2.35. The van der Waals surface area contributed by atoms with Crippen molar-refractivity contribution in [2.75, 3.05) is 13.6 Å². The summed E-state index contributed by atoms with van der Waals surface area (Å²) in [4.78, 5) is 2.53. The first kappa shape index (κ1) is 13.6. The fourth-order valence-electron chi connectivity index (χ4n) is 2.91. The van der Waals surface area contributed by atoms with Crippen LogP contribution in [0.5, 0.6) is 0 Å². The van der Waals surface area contributed by atoms with Gasteiger partial charge in [0, 0.05) is 18.6 Å². The van der Waals surface area contributed by atoms with E-state index in [-0.39, 0.29) is 0 Å². The summed E-state index contributed by atoms with van der Waals surface area (Å²) in [6.45, 7) is 3.08. The number of rotatable bonds is 7. The van der Waals surface area contributed by atoms with Crippen LogP contribution in [-0.4, -0.2) is 30.6 Å². The van der Waals surface area contributed by atoms with Gasteiger partial charge >= 0.3 is 0 Å². The summed E-state index contributed by atoms with van der Waals surface area (Å²) < 4.78 is 0. The second-order valence-electron chi connectivity index (χ2n) is 5.56. The normalized spacial score (nSPS) is 18.9. The van der Waals surface area contributed by atoms with E-state index < -0.39 is 0 Å². The van der Waals surface area contributed by atoms with Crippen LogP contribution in [0.15, 0.2) is 30.3 Å². The molecule has 0 spiro atoms. The van der Waals surface area contributed by atoms with Crippen molar-refractivity contribution in [3.63, 3.8) is 0 Å². The maximum Gasteiger partial charge on any atom is 0.0246 e. The highest BCUT2D eigenvalue weighted by molar-refractivity contribution is 5.16. The molecule has 1 aromatic rings. The number of hydrogen-bond acceptors (Lipinski definition) is 2. The van der Waals surface area contributed by atoms with Crippen LogP contribution in [0.3, 0.4) is 0 Å². The van der Waals surface area contributed by atoms with Gasteiger partial charge in [0.1, 0.15) is 0 Å². The summed E-state index contributed by atoms with van der Waals surface area (Å²) in [5.41, 5.74) is 7.39. The van der Waals surface area contributed by atoms with E-state index in [1.165, 1.54) is 24.8 Å². The van der Waals surface area contributed by atoms with Gasteiger partial charge < -0.3 is 5.73 Å². The first-order valence-corrected chi connectivity index (χ1v) is 7.22. The summed E-state index contributed by atoms with van der Waals surface area (Å²) in [6.07, 6.45) is 5.06. The second-order valence-corrected chi connectivity index (χ2v) is 5.56. The van der Waals surface area contributed by atoms with Gasteiger partial charge in [-0.25, -0.2) is 0 Å². The SMILES string of the molecule is CCC(Cc1ccccc1)N(C)C(CN)C1CC1. The Labute approximate surface area is 111 Å². The molecule has 0 heterocycles. The third-order valence-electron chi connectivity index (χ3n) is 4.29. The Balaban J connectivity index is 1.98. The highest BCUT2D eigenvalue weighted by atomic mass is 15.2. The number of hydrogen-bond donors (Lipinski definition) is 1. The van der Waals surface area contributed by atoms with E-state index in [1.807, 2.05) is 0 Å². The molecule has 2 unspecified atom stereocenters. The molecule has 0 bridgehead atoms. The number of benzene rings is 1. The molecule has 100 valence electrons. The van der Waals surface area contributed by atoms with Crippen molar-refractivity contribution < 1.29 is 0 Å². The number of nitrogens with two attached hydrogens (primary N) is 1. The van der Waals surface area contributed by atoms with Gasteiger partial charge in [0.05, 0.1) is 0 Å². The van der Waals surface area contributed by atoms with Crippen LogP contribution < -0.4 is 5.73 Å². The molecular weight excluding hydrogens is 220 g/mol. The molecule has 0 radical (unpaired) electrons. The fraction of sp³-hybridized carbons (Fsp3) is 0.625. The lowest BCUT2D eigenvalue weighted by Gasteiger charge is -2.34. The molecule has 2 atom stereocenters. The zero-order valence-corrected chi connectivity index (χ0v) is 11.7. The van der Waals surface area contributed by atoms with Crippen LogP contribution in [-0.2, 0) is 6.42 Å². The molecule has 2 nitrogen and oxygen atoms in total. The van der Waals surface area contributed by atoms with E-state index in [0.29, 0.717) is 12.1 Å². The van der Waals surface area contributed by atoms with Gasteiger partial charge in [-0.15, -0.1) is 0 Å². The van der Waals surface area contributed by atoms with Gasteiger partial charge in [0.2, 0.25) is 0 Å². The van der Waals surface area contributed by atoms with E-state index >= 15 is 0 Å². The fourth-order valence-corrected chi connectivity index (χ4v) is 2.91. The minimum atomic E-state index is 0.582. The van der Waals surface area contributed by atoms with Gasteiger partial charge in [-0.1, -0.05) is 37.3 Å². The van der Waals surface area contributed by atoms with Crippen molar-refractivity contribution in [1.82, 2.24) is 4.90 Å². The monoisotopic (exact) mass is 246 g/mol. The van der Waals surface area contributed by atoms with E-state index in [2.05, 4.69) is 49.2 Å². The average Bonchev–Trinajstić information content (AvgIpc) is 3.22. The second kappa shape index (κ2) is 6.35. The maximum atomic E-state index is 5.96. The van der Waals surface area contributed by atoms with E-state index in [1.54, 1.807) is 0 Å². The standard InChI is InChI=1S/C16H26N2/c1-3-15(11-13-7-5-4-6-8-13)18(2)16(12-17)14-9-10-14/h4-8,14-16H,3,9-12,17H2,1-2H3. The molecule has 1 aromatic carbocycles. The smallest absolute Gasteiger partial charge is 0.0246 e. The molecule has 2 N–H and O–H groups in total. The van der Waals surface area contributed by atoms with Crippen LogP contribution >= 0.6 is 0 Å². The Kier molecular flexibility index (Phi) is 4.79. The third kappa shape index (κ3) is 3.33. The molecule has 2 rings (SSSR count). The molecule has 18 heavy (non-hydrogen) atoms. The third-order valence-corrected chi connectivity index (χ3v) is 4.29. The molecule has 0 aromatic heterocycles. The zero-order valence-electron chi connectivity index (χ0n) is 11.7. The molecule has 1 aliphatic rings. The first-order valence-electron chi connectivity index (χ1n) is 7.22. The predicted molar refractivity (Wildman–Crippen MR) is 77.6 cm³/mol. The van der Waals surface area contributed by atoms with Crippen molar-refractivity contribution in [2.24, 2.45) is 11.7 Å². The maximum absolute atomic E-state index is 5.96. The van der Waals surface area contributed by atoms with Gasteiger partial charge in [-0.2, -0.15) is 0 Å². The molecule has 0 amide bonds. The molecule has 2 heteroatoms. The lowest BCUT2D eigenvalue weighted by Crippen LogP contribution is -2.46. The molecule has 1 saturated carbocycles. The minimum absolute atomic E-state index is 0.582. The summed E-state index contributed by atoms with van der Waals surface area (Å²) in [6, 6.07) is 12.0. The van der Waals surface area contributed by atoms with Crippen molar-refractivity contribution in [3.8, 4) is 0 Å². The van der Waals surface area contributed by atoms with Crippen LogP contribution in [0.2, 0.25) is 0 Å². The van der Waals surface area contributed by atoms with Crippen LogP contribution in [0.1, 0.15) is 31.7 Å². The van der Waals surface area contributed by atoms with Gasteiger partial charge in [0.15, 0.2) is 0 Å². The van der Waals surface area contributed by atoms with E-state index in [9.17, 15) is 0 Å². The highest BCUT2D eigenvalue weighted by Gasteiger charge is 2.34. The summed E-state index contributed by atoms with van der Waals surface area (Å²) in [5, 5.41) is 0. The van der Waals surface area contributed by atoms with Crippen molar-refractivity contribution in [1.29, 1.82) is 0 Å². The summed E-state index contributed by atoms with van der Waals surface area (Å²) in [7, 11) is 2.26. The van der Waals surface area contributed by atoms with Crippen LogP contribution in [0.25, 0.3) is 0 Å². The average molecular weight is 246 g/mol. The molecule has 0 saturated heterocycles. The van der Waals surface area contributed by atoms with E-state index in [4.69, 9.17) is 5.73 Å².